The van der Waals surface area contributed by atoms with Crippen LogP contribution in [-0.2, 0) is 21.9 Å². The summed E-state index contributed by atoms with van der Waals surface area (Å²) in [7, 11) is 1.62. The molecule has 2 aromatic carbocycles. The Hall–Kier alpha value is -2.47. The summed E-state index contributed by atoms with van der Waals surface area (Å²) in [5.41, 5.74) is 3.37. The fraction of sp³-hybridized carbons (Fsp3) is 0.417. The number of amides is 2. The second-order valence-corrected chi connectivity index (χ2v) is 8.30. The largest absolute Gasteiger partial charge is 0.497 e. The van der Waals surface area contributed by atoms with Crippen molar-refractivity contribution in [3.63, 3.8) is 0 Å². The SMILES string of the molecule is CCCNC(=O)C(C)N(Cc1ccc(OC)cc1)C(=O)CSCc1cccc(C)c1. The molecule has 1 atom stereocenters. The number of benzene rings is 2. The highest BCUT2D eigenvalue weighted by atomic mass is 32.2. The van der Waals surface area contributed by atoms with Crippen LogP contribution in [0.2, 0.25) is 0 Å². The van der Waals surface area contributed by atoms with Crippen LogP contribution in [0.15, 0.2) is 48.5 Å². The van der Waals surface area contributed by atoms with E-state index in [0.717, 1.165) is 23.5 Å². The Kier molecular flexibility index (Phi) is 9.74. The highest BCUT2D eigenvalue weighted by Crippen LogP contribution is 2.18. The van der Waals surface area contributed by atoms with Crippen molar-refractivity contribution in [2.24, 2.45) is 0 Å². The van der Waals surface area contributed by atoms with E-state index in [2.05, 4.69) is 30.4 Å². The second-order valence-electron chi connectivity index (χ2n) is 7.32. The molecule has 0 spiro atoms. The van der Waals surface area contributed by atoms with Crippen LogP contribution < -0.4 is 10.1 Å². The molecule has 0 bridgehead atoms. The van der Waals surface area contributed by atoms with Crippen LogP contribution in [0.5, 0.6) is 5.75 Å². The molecule has 2 rings (SSSR count). The van der Waals surface area contributed by atoms with Crippen molar-refractivity contribution in [3.05, 3.63) is 65.2 Å². The molecule has 1 N–H and O–H groups in total. The van der Waals surface area contributed by atoms with Gasteiger partial charge in [-0.05, 0) is 43.5 Å². The molecule has 162 valence electrons. The van der Waals surface area contributed by atoms with Gasteiger partial charge in [-0.2, -0.15) is 0 Å². The Morgan fingerprint density at radius 2 is 1.87 bits per heavy atom. The van der Waals surface area contributed by atoms with E-state index >= 15 is 0 Å². The standard InChI is InChI=1S/C24H32N2O3S/c1-5-13-25-24(28)19(3)26(15-20-9-11-22(29-4)12-10-20)23(27)17-30-16-21-8-6-7-18(2)14-21/h6-12,14,19H,5,13,15-17H2,1-4H3,(H,25,28). The number of hydrogen-bond donors (Lipinski definition) is 1. The number of carbonyl (C=O) groups excluding carboxylic acids is 2. The lowest BCUT2D eigenvalue weighted by Crippen LogP contribution is -2.48. The molecule has 5 nitrogen and oxygen atoms in total. The van der Waals surface area contributed by atoms with Gasteiger partial charge in [-0.15, -0.1) is 11.8 Å². The van der Waals surface area contributed by atoms with Crippen LogP contribution in [0.4, 0.5) is 0 Å². The molecule has 0 saturated carbocycles. The summed E-state index contributed by atoms with van der Waals surface area (Å²) in [6.07, 6.45) is 0.858. The third-order valence-electron chi connectivity index (χ3n) is 4.81. The zero-order valence-corrected chi connectivity index (χ0v) is 19.1. The van der Waals surface area contributed by atoms with E-state index in [1.54, 1.807) is 30.7 Å². The van der Waals surface area contributed by atoms with Gasteiger partial charge in [0.2, 0.25) is 11.8 Å². The molecule has 6 heteroatoms. The van der Waals surface area contributed by atoms with Gasteiger partial charge in [-0.3, -0.25) is 9.59 Å². The number of carbonyl (C=O) groups is 2. The molecular formula is C24H32N2O3S. The van der Waals surface area contributed by atoms with Crippen LogP contribution in [0.25, 0.3) is 0 Å². The minimum absolute atomic E-state index is 0.0392. The first-order valence-corrected chi connectivity index (χ1v) is 11.4. The fourth-order valence-corrected chi connectivity index (χ4v) is 3.90. The summed E-state index contributed by atoms with van der Waals surface area (Å²) >= 11 is 1.57. The van der Waals surface area contributed by atoms with Gasteiger partial charge in [-0.25, -0.2) is 0 Å². The first-order chi connectivity index (χ1) is 14.4. The number of thioether (sulfide) groups is 1. The fourth-order valence-electron chi connectivity index (χ4n) is 3.05. The molecule has 0 aliphatic carbocycles. The normalized spacial score (nSPS) is 11.6. The van der Waals surface area contributed by atoms with Gasteiger partial charge in [0.1, 0.15) is 11.8 Å². The Balaban J connectivity index is 2.05. The van der Waals surface area contributed by atoms with E-state index in [1.807, 2.05) is 37.3 Å². The summed E-state index contributed by atoms with van der Waals surface area (Å²) in [6.45, 7) is 6.85. The third kappa shape index (κ3) is 7.41. The van der Waals surface area contributed by atoms with E-state index in [1.165, 1.54) is 11.1 Å². The molecule has 0 fully saturated rings. The van der Waals surface area contributed by atoms with Crippen molar-refractivity contribution in [3.8, 4) is 5.75 Å². The lowest BCUT2D eigenvalue weighted by Gasteiger charge is -2.28. The summed E-state index contributed by atoms with van der Waals surface area (Å²) in [4.78, 5) is 27.3. The molecule has 0 radical (unpaired) electrons. The van der Waals surface area contributed by atoms with Gasteiger partial charge in [0.25, 0.3) is 0 Å². The molecule has 30 heavy (non-hydrogen) atoms. The smallest absolute Gasteiger partial charge is 0.242 e. The minimum atomic E-state index is -0.536. The van der Waals surface area contributed by atoms with Crippen molar-refractivity contribution < 1.29 is 14.3 Å². The van der Waals surface area contributed by atoms with E-state index in [4.69, 9.17) is 4.74 Å². The molecule has 0 aromatic heterocycles. The molecule has 1 unspecified atom stereocenters. The number of nitrogens with zero attached hydrogens (tertiary/aromatic N) is 1. The average Bonchev–Trinajstić information content (AvgIpc) is 2.75. The van der Waals surface area contributed by atoms with E-state index in [-0.39, 0.29) is 11.8 Å². The minimum Gasteiger partial charge on any atom is -0.497 e. The molecule has 0 aliphatic heterocycles. The Morgan fingerprint density at radius 1 is 1.13 bits per heavy atom. The maximum Gasteiger partial charge on any atom is 0.242 e. The Labute approximate surface area is 184 Å². The second kappa shape index (κ2) is 12.3. The van der Waals surface area contributed by atoms with Crippen LogP contribution in [0.1, 0.15) is 37.0 Å². The zero-order chi connectivity index (χ0) is 21.9. The molecular weight excluding hydrogens is 396 g/mol. The molecule has 0 aliphatic rings. The zero-order valence-electron chi connectivity index (χ0n) is 18.3. The number of rotatable bonds is 11. The van der Waals surface area contributed by atoms with Crippen molar-refractivity contribution in [2.45, 2.75) is 45.5 Å². The van der Waals surface area contributed by atoms with Crippen molar-refractivity contribution in [1.29, 1.82) is 0 Å². The maximum absolute atomic E-state index is 13.0. The molecule has 0 heterocycles. The van der Waals surface area contributed by atoms with E-state index < -0.39 is 6.04 Å². The van der Waals surface area contributed by atoms with Gasteiger partial charge in [-0.1, -0.05) is 48.9 Å². The number of ether oxygens (including phenoxy) is 1. The lowest BCUT2D eigenvalue weighted by atomic mass is 10.1. The maximum atomic E-state index is 13.0. The third-order valence-corrected chi connectivity index (χ3v) is 5.79. The highest BCUT2D eigenvalue weighted by molar-refractivity contribution is 7.99. The molecule has 0 saturated heterocycles. The topological polar surface area (TPSA) is 58.6 Å². The summed E-state index contributed by atoms with van der Waals surface area (Å²) in [5.74, 6) is 1.69. The van der Waals surface area contributed by atoms with Crippen LogP contribution in [-0.4, -0.2) is 42.2 Å². The quantitative estimate of drug-likeness (QED) is 0.583. The van der Waals surface area contributed by atoms with Crippen molar-refractivity contribution >= 4 is 23.6 Å². The number of nitrogens with one attached hydrogen (secondary N) is 1. The lowest BCUT2D eigenvalue weighted by molar-refractivity contribution is -0.138. The van der Waals surface area contributed by atoms with Gasteiger partial charge in [0, 0.05) is 18.8 Å². The highest BCUT2D eigenvalue weighted by Gasteiger charge is 2.25. The predicted molar refractivity (Wildman–Crippen MR) is 124 cm³/mol. The van der Waals surface area contributed by atoms with E-state index in [0.29, 0.717) is 18.8 Å². The Bertz CT molecular complexity index is 823. The average molecular weight is 429 g/mol. The van der Waals surface area contributed by atoms with Crippen LogP contribution in [0.3, 0.4) is 0 Å². The summed E-state index contributed by atoms with van der Waals surface area (Å²) in [5, 5.41) is 2.90. The van der Waals surface area contributed by atoms with Gasteiger partial charge >= 0.3 is 0 Å². The van der Waals surface area contributed by atoms with Gasteiger partial charge < -0.3 is 15.0 Å². The predicted octanol–water partition coefficient (Wildman–Crippen LogP) is 4.18. The Morgan fingerprint density at radius 3 is 2.50 bits per heavy atom. The monoisotopic (exact) mass is 428 g/mol. The summed E-state index contributed by atoms with van der Waals surface area (Å²) < 4.78 is 5.21. The van der Waals surface area contributed by atoms with Crippen LogP contribution in [0, 0.1) is 6.92 Å². The first kappa shape index (κ1) is 23.8. The van der Waals surface area contributed by atoms with Gasteiger partial charge in [0.15, 0.2) is 0 Å². The van der Waals surface area contributed by atoms with Crippen molar-refractivity contribution in [1.82, 2.24) is 10.2 Å². The van der Waals surface area contributed by atoms with E-state index in [9.17, 15) is 9.59 Å². The number of aryl methyl sites for hydroxylation is 1. The number of methoxy groups -OCH3 is 1. The van der Waals surface area contributed by atoms with Crippen molar-refractivity contribution in [2.75, 3.05) is 19.4 Å². The number of hydrogen-bond acceptors (Lipinski definition) is 4. The molecule has 2 amide bonds. The molecule has 2 aromatic rings. The first-order valence-electron chi connectivity index (χ1n) is 10.3. The van der Waals surface area contributed by atoms with Gasteiger partial charge in [0.05, 0.1) is 12.9 Å². The van der Waals surface area contributed by atoms with Crippen LogP contribution >= 0.6 is 11.8 Å². The summed E-state index contributed by atoms with van der Waals surface area (Å²) in [6, 6.07) is 15.3.